The van der Waals surface area contributed by atoms with Crippen molar-refractivity contribution in [3.63, 3.8) is 0 Å². The number of anilines is 1. The second-order valence-electron chi connectivity index (χ2n) is 11.1. The Balaban J connectivity index is 1.40. The molecule has 8 nitrogen and oxygen atoms in total. The predicted molar refractivity (Wildman–Crippen MR) is 155 cm³/mol. The van der Waals surface area contributed by atoms with E-state index in [1.54, 1.807) is 24.3 Å². The molecule has 3 aliphatic rings. The molecule has 1 N–H and O–H groups in total. The molecule has 2 aromatic carbocycles. The minimum absolute atomic E-state index is 0.0606. The first-order valence-corrected chi connectivity index (χ1v) is 13.2. The minimum atomic E-state index is -0.466. The third-order valence-electron chi connectivity index (χ3n) is 7.93. The molecular weight excluding hydrogens is 516 g/mol. The third-order valence-corrected chi connectivity index (χ3v) is 8.41. The van der Waals surface area contributed by atoms with Crippen LogP contribution >= 0.6 is 11.6 Å². The molecule has 0 saturated carbocycles. The van der Waals surface area contributed by atoms with Crippen LogP contribution in [-0.4, -0.2) is 15.6 Å². The van der Waals surface area contributed by atoms with Crippen molar-refractivity contribution >= 4 is 40.1 Å². The number of nitro benzene ring substituents is 2. The maximum atomic E-state index is 11.3. The van der Waals surface area contributed by atoms with Crippen LogP contribution in [0.2, 0.25) is 0 Å². The normalized spacial score (nSPS) is 21.2. The van der Waals surface area contributed by atoms with Gasteiger partial charge in [-0.25, -0.2) is 0 Å². The summed E-state index contributed by atoms with van der Waals surface area (Å²) in [5, 5.41) is 26.6. The number of fused-ring (bicyclic) bond motifs is 2. The van der Waals surface area contributed by atoms with E-state index in [0.29, 0.717) is 5.03 Å². The molecule has 0 saturated heterocycles. The van der Waals surface area contributed by atoms with E-state index in [2.05, 4.69) is 5.32 Å². The summed E-state index contributed by atoms with van der Waals surface area (Å²) in [4.78, 5) is 26.5. The largest absolute Gasteiger partial charge is 0.358 e. The van der Waals surface area contributed by atoms with Crippen LogP contribution in [0.5, 0.6) is 0 Å². The van der Waals surface area contributed by atoms with Crippen molar-refractivity contribution < 1.29 is 9.85 Å². The van der Waals surface area contributed by atoms with Gasteiger partial charge in [0.1, 0.15) is 0 Å². The SMILES string of the molecule is CC1(C)C(/C=C/C2=C(Cl)C(=C\C=C3\Nc4ccc([N+](=O)[O-])cc4C3(C)C)/CCC2)=Nc2ccc([N+](=O)[O-])cc21. The molecule has 0 unspecified atom stereocenters. The maximum absolute atomic E-state index is 11.3. The highest BCUT2D eigenvalue weighted by atomic mass is 35.5. The van der Waals surface area contributed by atoms with Crippen molar-refractivity contribution in [2.24, 2.45) is 4.99 Å². The first kappa shape index (κ1) is 26.6. The number of halogens is 1. The lowest BCUT2D eigenvalue weighted by atomic mass is 9.81. The Morgan fingerprint density at radius 3 is 2.26 bits per heavy atom. The zero-order chi connectivity index (χ0) is 28.1. The zero-order valence-corrected chi connectivity index (χ0v) is 23.0. The van der Waals surface area contributed by atoms with Gasteiger partial charge in [0.05, 0.1) is 21.2 Å². The van der Waals surface area contributed by atoms with Gasteiger partial charge in [-0.15, -0.1) is 0 Å². The summed E-state index contributed by atoms with van der Waals surface area (Å²) in [7, 11) is 0. The Kier molecular flexibility index (Phi) is 6.55. The van der Waals surface area contributed by atoms with Crippen molar-refractivity contribution in [1.82, 2.24) is 0 Å². The van der Waals surface area contributed by atoms with Crippen molar-refractivity contribution in [2.45, 2.75) is 57.8 Å². The highest BCUT2D eigenvalue weighted by Crippen LogP contribution is 2.45. The first-order chi connectivity index (χ1) is 18.4. The van der Waals surface area contributed by atoms with E-state index in [1.165, 1.54) is 12.1 Å². The van der Waals surface area contributed by atoms with E-state index in [1.807, 2.05) is 52.0 Å². The molecule has 9 heteroatoms. The average molecular weight is 545 g/mol. The van der Waals surface area contributed by atoms with Crippen molar-refractivity contribution in [2.75, 3.05) is 5.32 Å². The molecule has 0 radical (unpaired) electrons. The number of hydrogen-bond acceptors (Lipinski definition) is 6. The van der Waals surface area contributed by atoms with Crippen molar-refractivity contribution in [3.8, 4) is 0 Å². The summed E-state index contributed by atoms with van der Waals surface area (Å²) in [6, 6.07) is 9.69. The summed E-state index contributed by atoms with van der Waals surface area (Å²) < 4.78 is 0. The third kappa shape index (κ3) is 4.69. The summed E-state index contributed by atoms with van der Waals surface area (Å²) in [5.41, 5.74) is 6.44. The lowest BCUT2D eigenvalue weighted by Gasteiger charge is -2.21. The van der Waals surface area contributed by atoms with Crippen LogP contribution in [0.3, 0.4) is 0 Å². The molecule has 0 spiro atoms. The van der Waals surface area contributed by atoms with Crippen LogP contribution in [0.1, 0.15) is 58.1 Å². The highest BCUT2D eigenvalue weighted by Gasteiger charge is 2.36. The Morgan fingerprint density at radius 2 is 1.56 bits per heavy atom. The van der Waals surface area contributed by atoms with Crippen molar-refractivity contribution in [1.29, 1.82) is 0 Å². The fraction of sp³-hybridized carbons (Fsp3) is 0.300. The molecule has 39 heavy (non-hydrogen) atoms. The van der Waals surface area contributed by atoms with E-state index in [4.69, 9.17) is 16.6 Å². The molecule has 200 valence electrons. The highest BCUT2D eigenvalue weighted by molar-refractivity contribution is 6.32. The Labute approximate surface area is 231 Å². The van der Waals surface area contributed by atoms with E-state index in [0.717, 1.165) is 64.3 Å². The molecule has 0 bridgehead atoms. The molecule has 0 aromatic heterocycles. The maximum Gasteiger partial charge on any atom is 0.269 e. The molecule has 0 atom stereocenters. The van der Waals surface area contributed by atoms with Crippen LogP contribution in [0.15, 0.2) is 87.6 Å². The number of nitrogens with zero attached hydrogens (tertiary/aromatic N) is 3. The van der Waals surface area contributed by atoms with Crippen LogP contribution < -0.4 is 5.32 Å². The molecule has 0 fully saturated rings. The van der Waals surface area contributed by atoms with Gasteiger partial charge in [-0.05, 0) is 65.8 Å². The summed E-state index contributed by atoms with van der Waals surface area (Å²) in [6.07, 6.45) is 10.7. The van der Waals surface area contributed by atoms with E-state index < -0.39 is 10.8 Å². The van der Waals surface area contributed by atoms with Gasteiger partial charge in [-0.1, -0.05) is 51.4 Å². The number of aliphatic imine (C=N–C) groups is 1. The second kappa shape index (κ2) is 9.61. The molecule has 2 heterocycles. The van der Waals surface area contributed by atoms with Crippen LogP contribution in [-0.2, 0) is 10.8 Å². The lowest BCUT2D eigenvalue weighted by molar-refractivity contribution is -0.385. The van der Waals surface area contributed by atoms with Gasteiger partial charge in [0.25, 0.3) is 11.4 Å². The number of nitrogens with one attached hydrogen (secondary N) is 1. The molecular formula is C30H29ClN4O4. The van der Waals surface area contributed by atoms with E-state index >= 15 is 0 Å². The van der Waals surface area contributed by atoms with Gasteiger partial charge < -0.3 is 5.32 Å². The zero-order valence-electron chi connectivity index (χ0n) is 22.2. The van der Waals surface area contributed by atoms with E-state index in [-0.39, 0.29) is 21.2 Å². The number of hydrogen-bond donors (Lipinski definition) is 1. The number of non-ortho nitro benzene ring substituents is 2. The molecule has 5 rings (SSSR count). The fourth-order valence-electron chi connectivity index (χ4n) is 5.43. The smallest absolute Gasteiger partial charge is 0.269 e. The molecule has 2 aromatic rings. The number of nitro groups is 2. The quantitative estimate of drug-likeness (QED) is 0.300. The van der Waals surface area contributed by atoms with Gasteiger partial charge in [0.15, 0.2) is 0 Å². The van der Waals surface area contributed by atoms with Crippen LogP contribution in [0.25, 0.3) is 0 Å². The molecule has 0 amide bonds. The van der Waals surface area contributed by atoms with Gasteiger partial charge in [0.2, 0.25) is 0 Å². The standard InChI is InChI=1S/C30H29ClN4O4/c1-29(2)22-16-20(34(36)37)10-12-24(22)32-26(29)14-8-18-6-5-7-19(28(18)31)9-15-27-30(3,4)23-17-21(35(38)39)11-13-25(23)33-27/h8-17,32H,5-7H2,1-4H3/b15-9+,18-8-,26-14+. The predicted octanol–water partition coefficient (Wildman–Crippen LogP) is 8.31. The topological polar surface area (TPSA) is 111 Å². The number of allylic oxidation sites excluding steroid dienone is 8. The number of rotatable bonds is 5. The van der Waals surface area contributed by atoms with E-state index in [9.17, 15) is 20.2 Å². The van der Waals surface area contributed by atoms with Gasteiger partial charge >= 0.3 is 0 Å². The van der Waals surface area contributed by atoms with Gasteiger partial charge in [0, 0.05) is 51.5 Å². The number of benzene rings is 2. The average Bonchev–Trinajstić information content (AvgIpc) is 3.30. The summed E-state index contributed by atoms with van der Waals surface area (Å²) in [5.74, 6) is 0. The Bertz CT molecular complexity index is 1580. The molecule has 2 aliphatic heterocycles. The van der Waals surface area contributed by atoms with Gasteiger partial charge in [-0.2, -0.15) is 0 Å². The Morgan fingerprint density at radius 1 is 0.897 bits per heavy atom. The second-order valence-corrected chi connectivity index (χ2v) is 11.5. The van der Waals surface area contributed by atoms with Crippen molar-refractivity contribution in [3.05, 3.63) is 114 Å². The minimum Gasteiger partial charge on any atom is -0.358 e. The summed E-state index contributed by atoms with van der Waals surface area (Å²) in [6.45, 7) is 8.12. The monoisotopic (exact) mass is 544 g/mol. The van der Waals surface area contributed by atoms with Crippen LogP contribution in [0.4, 0.5) is 22.7 Å². The van der Waals surface area contributed by atoms with Gasteiger partial charge in [-0.3, -0.25) is 25.2 Å². The fourth-order valence-corrected chi connectivity index (χ4v) is 5.74. The van der Waals surface area contributed by atoms with Crippen LogP contribution in [0, 0.1) is 20.2 Å². The lowest BCUT2D eigenvalue weighted by Crippen LogP contribution is -2.23. The Hall–Kier alpha value is -4.04. The molecule has 1 aliphatic carbocycles. The first-order valence-electron chi connectivity index (χ1n) is 12.8. The summed E-state index contributed by atoms with van der Waals surface area (Å²) >= 11 is 6.87.